The van der Waals surface area contributed by atoms with Crippen molar-refractivity contribution in [3.63, 3.8) is 0 Å². The molecule has 1 N–H and O–H groups in total. The number of carbonyl (C=O) groups is 1. The predicted octanol–water partition coefficient (Wildman–Crippen LogP) is 2.65. The molecule has 4 heteroatoms. The van der Waals surface area contributed by atoms with Crippen molar-refractivity contribution >= 4 is 17.2 Å². The van der Waals surface area contributed by atoms with Gasteiger partial charge in [0, 0.05) is 25.5 Å². The minimum absolute atomic E-state index is 0.0819. The summed E-state index contributed by atoms with van der Waals surface area (Å²) in [5.74, 6) is 0.675. The smallest absolute Gasteiger partial charge is 0.239 e. The number of hydrogen-bond donors (Lipinski definition) is 1. The SMILES string of the molecule is Cc1ccsc1CNC(CC(C)C)C(=O)N(C)C. The normalized spacial score (nSPS) is 12.8. The Kier molecular flexibility index (Phi) is 5.82. The summed E-state index contributed by atoms with van der Waals surface area (Å²) >= 11 is 1.74. The van der Waals surface area contributed by atoms with E-state index in [9.17, 15) is 4.79 Å². The fourth-order valence-electron chi connectivity index (χ4n) is 1.86. The van der Waals surface area contributed by atoms with Crippen molar-refractivity contribution in [2.75, 3.05) is 14.1 Å². The number of likely N-dealkylation sites (N-methyl/N-ethyl adjacent to an activating group) is 1. The van der Waals surface area contributed by atoms with Crippen LogP contribution < -0.4 is 5.32 Å². The third-order valence-corrected chi connectivity index (χ3v) is 3.95. The highest BCUT2D eigenvalue weighted by Gasteiger charge is 2.21. The molecule has 0 fully saturated rings. The molecule has 1 aromatic heterocycles. The van der Waals surface area contributed by atoms with Gasteiger partial charge in [-0.05, 0) is 36.3 Å². The number of carbonyl (C=O) groups excluding carboxylic acids is 1. The molecule has 102 valence electrons. The van der Waals surface area contributed by atoms with E-state index >= 15 is 0 Å². The van der Waals surface area contributed by atoms with Gasteiger partial charge in [0.1, 0.15) is 0 Å². The van der Waals surface area contributed by atoms with Gasteiger partial charge in [-0.2, -0.15) is 0 Å². The fraction of sp³-hybridized carbons (Fsp3) is 0.643. The van der Waals surface area contributed by atoms with Crippen LogP contribution in [0.2, 0.25) is 0 Å². The van der Waals surface area contributed by atoms with Gasteiger partial charge < -0.3 is 10.2 Å². The molecule has 0 radical (unpaired) electrons. The minimum Gasteiger partial charge on any atom is -0.347 e. The summed E-state index contributed by atoms with van der Waals surface area (Å²) in [7, 11) is 3.63. The lowest BCUT2D eigenvalue weighted by Gasteiger charge is -2.23. The molecule has 0 bridgehead atoms. The van der Waals surface area contributed by atoms with Gasteiger partial charge in [0.05, 0.1) is 6.04 Å². The van der Waals surface area contributed by atoms with E-state index in [1.807, 2.05) is 14.1 Å². The molecule has 0 saturated heterocycles. The van der Waals surface area contributed by atoms with Crippen molar-refractivity contribution in [1.29, 1.82) is 0 Å². The van der Waals surface area contributed by atoms with E-state index in [-0.39, 0.29) is 11.9 Å². The van der Waals surface area contributed by atoms with Crippen LogP contribution >= 0.6 is 11.3 Å². The molecule has 1 heterocycles. The molecule has 0 aliphatic carbocycles. The van der Waals surface area contributed by atoms with Crippen LogP contribution in [-0.4, -0.2) is 30.9 Å². The maximum Gasteiger partial charge on any atom is 0.239 e. The van der Waals surface area contributed by atoms with Gasteiger partial charge in [0.15, 0.2) is 0 Å². The molecule has 1 unspecified atom stereocenters. The van der Waals surface area contributed by atoms with Crippen molar-refractivity contribution in [3.05, 3.63) is 21.9 Å². The average Bonchev–Trinajstić information content (AvgIpc) is 2.68. The zero-order valence-electron chi connectivity index (χ0n) is 12.0. The van der Waals surface area contributed by atoms with Gasteiger partial charge in [0.2, 0.25) is 5.91 Å². The van der Waals surface area contributed by atoms with Crippen LogP contribution in [0.25, 0.3) is 0 Å². The van der Waals surface area contributed by atoms with Crippen LogP contribution in [-0.2, 0) is 11.3 Å². The quantitative estimate of drug-likeness (QED) is 0.860. The Hall–Kier alpha value is -0.870. The van der Waals surface area contributed by atoms with E-state index in [2.05, 4.69) is 37.5 Å². The zero-order valence-corrected chi connectivity index (χ0v) is 12.8. The first-order valence-electron chi connectivity index (χ1n) is 6.39. The molecule has 0 aliphatic rings. The lowest BCUT2D eigenvalue weighted by atomic mass is 10.0. The molecule has 1 amide bonds. The van der Waals surface area contributed by atoms with Crippen LogP contribution in [0.4, 0.5) is 0 Å². The second-order valence-corrected chi connectivity index (χ2v) is 6.32. The monoisotopic (exact) mass is 268 g/mol. The van der Waals surface area contributed by atoms with Crippen LogP contribution in [0.1, 0.15) is 30.7 Å². The van der Waals surface area contributed by atoms with Crippen LogP contribution in [0.3, 0.4) is 0 Å². The summed E-state index contributed by atoms with van der Waals surface area (Å²) in [4.78, 5) is 15.1. The summed E-state index contributed by atoms with van der Waals surface area (Å²) in [6.07, 6.45) is 0.876. The van der Waals surface area contributed by atoms with E-state index < -0.39 is 0 Å². The summed E-state index contributed by atoms with van der Waals surface area (Å²) in [5.41, 5.74) is 1.30. The number of rotatable bonds is 6. The molecule has 18 heavy (non-hydrogen) atoms. The summed E-state index contributed by atoms with van der Waals surface area (Å²) in [6.45, 7) is 7.18. The van der Waals surface area contributed by atoms with E-state index in [0.717, 1.165) is 13.0 Å². The number of aryl methyl sites for hydroxylation is 1. The summed E-state index contributed by atoms with van der Waals surface area (Å²) < 4.78 is 0. The number of amides is 1. The molecule has 1 aromatic rings. The number of nitrogens with zero attached hydrogens (tertiary/aromatic N) is 1. The molecule has 0 spiro atoms. The fourth-order valence-corrected chi connectivity index (χ4v) is 2.71. The Labute approximate surface area is 114 Å². The molecule has 0 saturated carbocycles. The highest BCUT2D eigenvalue weighted by molar-refractivity contribution is 7.10. The first kappa shape index (κ1) is 15.2. The minimum atomic E-state index is -0.0819. The highest BCUT2D eigenvalue weighted by atomic mass is 32.1. The lowest BCUT2D eigenvalue weighted by molar-refractivity contribution is -0.131. The number of nitrogens with one attached hydrogen (secondary N) is 1. The van der Waals surface area contributed by atoms with Gasteiger partial charge in [-0.1, -0.05) is 13.8 Å². The molecule has 3 nitrogen and oxygen atoms in total. The van der Waals surface area contributed by atoms with E-state index in [4.69, 9.17) is 0 Å². The standard InChI is InChI=1S/C14H24N2OS/c1-10(2)8-12(14(17)16(4)5)15-9-13-11(3)6-7-18-13/h6-7,10,12,15H,8-9H2,1-5H3. The van der Waals surface area contributed by atoms with Crippen LogP contribution in [0, 0.1) is 12.8 Å². The Morgan fingerprint density at radius 2 is 2.11 bits per heavy atom. The predicted molar refractivity (Wildman–Crippen MR) is 77.8 cm³/mol. The average molecular weight is 268 g/mol. The molecule has 0 aromatic carbocycles. The Bertz CT molecular complexity index is 385. The van der Waals surface area contributed by atoms with Crippen molar-refractivity contribution in [2.45, 2.75) is 39.8 Å². The number of thiophene rings is 1. The lowest BCUT2D eigenvalue weighted by Crippen LogP contribution is -2.44. The summed E-state index contributed by atoms with van der Waals surface area (Å²) in [5, 5.41) is 5.49. The molecule has 0 aliphatic heterocycles. The molecular formula is C14H24N2OS. The molecule has 1 rings (SSSR count). The highest BCUT2D eigenvalue weighted by Crippen LogP contribution is 2.16. The first-order chi connectivity index (χ1) is 8.41. The van der Waals surface area contributed by atoms with E-state index in [0.29, 0.717) is 5.92 Å². The third-order valence-electron chi connectivity index (χ3n) is 2.92. The Balaban J connectivity index is 2.61. The zero-order chi connectivity index (χ0) is 13.7. The van der Waals surface area contributed by atoms with Crippen molar-refractivity contribution < 1.29 is 4.79 Å². The largest absolute Gasteiger partial charge is 0.347 e. The summed E-state index contributed by atoms with van der Waals surface area (Å²) in [6, 6.07) is 2.04. The topological polar surface area (TPSA) is 32.3 Å². The Morgan fingerprint density at radius 1 is 1.44 bits per heavy atom. The second kappa shape index (κ2) is 6.90. The Morgan fingerprint density at radius 3 is 2.56 bits per heavy atom. The van der Waals surface area contributed by atoms with Gasteiger partial charge in [-0.25, -0.2) is 0 Å². The van der Waals surface area contributed by atoms with Crippen LogP contribution in [0.15, 0.2) is 11.4 Å². The third kappa shape index (κ3) is 4.42. The van der Waals surface area contributed by atoms with Crippen molar-refractivity contribution in [3.8, 4) is 0 Å². The maximum atomic E-state index is 12.1. The van der Waals surface area contributed by atoms with Crippen molar-refractivity contribution in [1.82, 2.24) is 10.2 Å². The second-order valence-electron chi connectivity index (χ2n) is 5.32. The van der Waals surface area contributed by atoms with Gasteiger partial charge in [-0.15, -0.1) is 11.3 Å². The van der Waals surface area contributed by atoms with Crippen molar-refractivity contribution in [2.24, 2.45) is 5.92 Å². The molecular weight excluding hydrogens is 244 g/mol. The van der Waals surface area contributed by atoms with Crippen LogP contribution in [0.5, 0.6) is 0 Å². The number of hydrogen-bond acceptors (Lipinski definition) is 3. The first-order valence-corrected chi connectivity index (χ1v) is 7.27. The van der Waals surface area contributed by atoms with Gasteiger partial charge in [0.25, 0.3) is 0 Å². The van der Waals surface area contributed by atoms with E-state index in [1.165, 1.54) is 10.4 Å². The maximum absolute atomic E-state index is 12.1. The van der Waals surface area contributed by atoms with Gasteiger partial charge >= 0.3 is 0 Å². The van der Waals surface area contributed by atoms with Gasteiger partial charge in [-0.3, -0.25) is 4.79 Å². The molecule has 1 atom stereocenters. The van der Waals surface area contributed by atoms with E-state index in [1.54, 1.807) is 16.2 Å².